The Bertz CT molecular complexity index is 515. The van der Waals surface area contributed by atoms with Crippen molar-refractivity contribution in [1.29, 1.82) is 0 Å². The number of hydrogen-bond acceptors (Lipinski definition) is 3. The molecule has 0 aromatic heterocycles. The van der Waals surface area contributed by atoms with Crippen LogP contribution >= 0.6 is 11.6 Å². The molecular weight excluding hydrogens is 314 g/mol. The van der Waals surface area contributed by atoms with Gasteiger partial charge >= 0.3 is 0 Å². The standard InChI is InChI=1S/C17H26ClN3O2/c1-5-21(6-2)16(22)12-20(4)13(3)17(23)19-11-14-7-9-15(18)10-8-14/h7-10,13H,5-6,11-12H2,1-4H3,(H,19,23). The lowest BCUT2D eigenvalue weighted by atomic mass is 10.2. The fourth-order valence-electron chi connectivity index (χ4n) is 2.17. The van der Waals surface area contributed by atoms with Gasteiger partial charge in [0.15, 0.2) is 0 Å². The summed E-state index contributed by atoms with van der Waals surface area (Å²) in [5, 5.41) is 3.55. The zero-order chi connectivity index (χ0) is 17.4. The minimum absolute atomic E-state index is 0.0369. The van der Waals surface area contributed by atoms with Crippen LogP contribution in [0, 0.1) is 0 Å². The van der Waals surface area contributed by atoms with Gasteiger partial charge in [-0.3, -0.25) is 14.5 Å². The lowest BCUT2D eigenvalue weighted by Crippen LogP contribution is -2.47. The van der Waals surface area contributed by atoms with Crippen molar-refractivity contribution in [2.75, 3.05) is 26.7 Å². The number of nitrogens with zero attached hydrogens (tertiary/aromatic N) is 2. The molecule has 2 amide bonds. The van der Waals surface area contributed by atoms with Crippen molar-refractivity contribution in [1.82, 2.24) is 15.1 Å². The molecule has 128 valence electrons. The third-order valence-corrected chi connectivity index (χ3v) is 4.17. The highest BCUT2D eigenvalue weighted by molar-refractivity contribution is 6.30. The van der Waals surface area contributed by atoms with E-state index in [0.717, 1.165) is 5.56 Å². The van der Waals surface area contributed by atoms with Crippen molar-refractivity contribution >= 4 is 23.4 Å². The van der Waals surface area contributed by atoms with E-state index in [9.17, 15) is 9.59 Å². The normalized spacial score (nSPS) is 12.1. The van der Waals surface area contributed by atoms with E-state index in [0.29, 0.717) is 24.7 Å². The Labute approximate surface area is 143 Å². The van der Waals surface area contributed by atoms with Gasteiger partial charge in [-0.1, -0.05) is 23.7 Å². The van der Waals surface area contributed by atoms with Crippen molar-refractivity contribution in [2.24, 2.45) is 0 Å². The van der Waals surface area contributed by atoms with Crippen LogP contribution in [0.25, 0.3) is 0 Å². The maximum atomic E-state index is 12.2. The summed E-state index contributed by atoms with van der Waals surface area (Å²) in [4.78, 5) is 27.8. The molecule has 1 atom stereocenters. The molecular formula is C17H26ClN3O2. The van der Waals surface area contributed by atoms with Gasteiger partial charge in [0.05, 0.1) is 12.6 Å². The summed E-state index contributed by atoms with van der Waals surface area (Å²) in [6.45, 7) is 7.73. The quantitative estimate of drug-likeness (QED) is 0.789. The first-order valence-corrected chi connectivity index (χ1v) is 8.27. The van der Waals surface area contributed by atoms with Crippen molar-refractivity contribution in [3.63, 3.8) is 0 Å². The summed E-state index contributed by atoms with van der Waals surface area (Å²) in [5.41, 5.74) is 0.983. The fraction of sp³-hybridized carbons (Fsp3) is 0.529. The van der Waals surface area contributed by atoms with Gasteiger partial charge in [-0.15, -0.1) is 0 Å². The van der Waals surface area contributed by atoms with Gasteiger partial charge in [-0.05, 0) is 45.5 Å². The van der Waals surface area contributed by atoms with Gasteiger partial charge in [-0.2, -0.15) is 0 Å². The molecule has 1 aromatic carbocycles. The number of likely N-dealkylation sites (N-methyl/N-ethyl adjacent to an activating group) is 2. The molecule has 5 nitrogen and oxygen atoms in total. The topological polar surface area (TPSA) is 52.7 Å². The Morgan fingerprint density at radius 1 is 1.17 bits per heavy atom. The molecule has 0 aliphatic rings. The summed E-state index contributed by atoms with van der Waals surface area (Å²) in [5.74, 6) is -0.0651. The van der Waals surface area contributed by atoms with E-state index in [1.54, 1.807) is 35.9 Å². The zero-order valence-electron chi connectivity index (χ0n) is 14.3. The van der Waals surface area contributed by atoms with Gasteiger partial charge in [-0.25, -0.2) is 0 Å². The van der Waals surface area contributed by atoms with Crippen molar-refractivity contribution in [3.8, 4) is 0 Å². The molecule has 0 spiro atoms. The van der Waals surface area contributed by atoms with Gasteiger partial charge in [0.25, 0.3) is 0 Å². The van der Waals surface area contributed by atoms with Gasteiger partial charge in [0.2, 0.25) is 11.8 Å². The molecule has 0 saturated carbocycles. The average Bonchev–Trinajstić information content (AvgIpc) is 2.54. The molecule has 1 aromatic rings. The summed E-state index contributed by atoms with van der Waals surface area (Å²) >= 11 is 5.83. The maximum Gasteiger partial charge on any atom is 0.237 e. The first-order chi connectivity index (χ1) is 10.9. The van der Waals surface area contributed by atoms with Gasteiger partial charge in [0.1, 0.15) is 0 Å². The van der Waals surface area contributed by atoms with E-state index in [1.807, 2.05) is 26.0 Å². The Hall–Kier alpha value is -1.59. The molecule has 0 radical (unpaired) electrons. The van der Waals surface area contributed by atoms with Crippen LogP contribution < -0.4 is 5.32 Å². The lowest BCUT2D eigenvalue weighted by Gasteiger charge is -2.26. The molecule has 0 bridgehead atoms. The monoisotopic (exact) mass is 339 g/mol. The number of benzene rings is 1. The second kappa shape index (κ2) is 9.53. The molecule has 0 saturated heterocycles. The second-order valence-corrected chi connectivity index (χ2v) is 5.94. The summed E-state index contributed by atoms with van der Waals surface area (Å²) in [7, 11) is 1.79. The van der Waals surface area contributed by atoms with E-state index in [4.69, 9.17) is 11.6 Å². The Morgan fingerprint density at radius 2 is 1.74 bits per heavy atom. The third-order valence-electron chi connectivity index (χ3n) is 3.92. The van der Waals surface area contributed by atoms with Crippen molar-refractivity contribution in [2.45, 2.75) is 33.4 Å². The van der Waals surface area contributed by atoms with Crippen molar-refractivity contribution < 1.29 is 9.59 Å². The summed E-state index contributed by atoms with van der Waals surface area (Å²) in [6.07, 6.45) is 0. The molecule has 6 heteroatoms. The molecule has 23 heavy (non-hydrogen) atoms. The predicted molar refractivity (Wildman–Crippen MR) is 93.3 cm³/mol. The highest BCUT2D eigenvalue weighted by Crippen LogP contribution is 2.09. The number of carbonyl (C=O) groups is 2. The number of nitrogens with one attached hydrogen (secondary N) is 1. The minimum atomic E-state index is -0.373. The summed E-state index contributed by atoms with van der Waals surface area (Å²) in [6, 6.07) is 6.96. The highest BCUT2D eigenvalue weighted by atomic mass is 35.5. The van der Waals surface area contributed by atoms with E-state index < -0.39 is 0 Å². The van der Waals surface area contributed by atoms with E-state index in [-0.39, 0.29) is 24.4 Å². The fourth-order valence-corrected chi connectivity index (χ4v) is 2.29. The smallest absolute Gasteiger partial charge is 0.237 e. The molecule has 0 aliphatic heterocycles. The number of amides is 2. The first-order valence-electron chi connectivity index (χ1n) is 7.89. The van der Waals surface area contributed by atoms with Crippen LogP contribution in [0.4, 0.5) is 0 Å². The number of halogens is 1. The number of carbonyl (C=O) groups excluding carboxylic acids is 2. The van der Waals surface area contributed by atoms with Crippen molar-refractivity contribution in [3.05, 3.63) is 34.9 Å². The molecule has 1 N–H and O–H groups in total. The molecule has 0 aliphatic carbocycles. The van der Waals surface area contributed by atoms with E-state index in [1.165, 1.54) is 0 Å². The van der Waals surface area contributed by atoms with Crippen LogP contribution in [-0.4, -0.2) is 54.3 Å². The van der Waals surface area contributed by atoms with E-state index in [2.05, 4.69) is 5.32 Å². The Morgan fingerprint density at radius 3 is 2.26 bits per heavy atom. The van der Waals surface area contributed by atoms with Crippen LogP contribution in [0.15, 0.2) is 24.3 Å². The van der Waals surface area contributed by atoms with Crippen LogP contribution in [0.1, 0.15) is 26.3 Å². The van der Waals surface area contributed by atoms with E-state index >= 15 is 0 Å². The van der Waals surface area contributed by atoms with Crippen LogP contribution in [0.5, 0.6) is 0 Å². The maximum absolute atomic E-state index is 12.2. The number of rotatable bonds is 8. The molecule has 0 heterocycles. The van der Waals surface area contributed by atoms with Crippen LogP contribution in [0.3, 0.4) is 0 Å². The van der Waals surface area contributed by atoms with Gasteiger partial charge in [0, 0.05) is 24.7 Å². The molecule has 0 fully saturated rings. The second-order valence-electron chi connectivity index (χ2n) is 5.50. The first kappa shape index (κ1) is 19.5. The highest BCUT2D eigenvalue weighted by Gasteiger charge is 2.21. The van der Waals surface area contributed by atoms with Crippen LogP contribution in [0.2, 0.25) is 5.02 Å². The van der Waals surface area contributed by atoms with Gasteiger partial charge < -0.3 is 10.2 Å². The summed E-state index contributed by atoms with van der Waals surface area (Å²) < 4.78 is 0. The van der Waals surface area contributed by atoms with Crippen LogP contribution in [-0.2, 0) is 16.1 Å². The largest absolute Gasteiger partial charge is 0.351 e. The number of hydrogen-bond donors (Lipinski definition) is 1. The minimum Gasteiger partial charge on any atom is -0.351 e. The molecule has 1 unspecified atom stereocenters. The molecule has 1 rings (SSSR count). The lowest BCUT2D eigenvalue weighted by molar-refractivity contribution is -0.133. The Balaban J connectivity index is 2.48. The Kier molecular flexibility index (Phi) is 8.06. The average molecular weight is 340 g/mol. The SMILES string of the molecule is CCN(CC)C(=O)CN(C)C(C)C(=O)NCc1ccc(Cl)cc1. The predicted octanol–water partition coefficient (Wildman–Crippen LogP) is 2.14. The third kappa shape index (κ3) is 6.20. The zero-order valence-corrected chi connectivity index (χ0v) is 15.1.